The molecule has 0 heterocycles. The second-order valence-corrected chi connectivity index (χ2v) is 3.38. The number of alkyl halides is 1. The second kappa shape index (κ2) is 6.21. The molecule has 1 fully saturated rings. The van der Waals surface area contributed by atoms with E-state index in [0.717, 1.165) is 11.8 Å². The first-order valence-corrected chi connectivity index (χ1v) is 5.75. The topological polar surface area (TPSA) is 0 Å². The highest BCUT2D eigenvalue weighted by Gasteiger charge is 2.13. The summed E-state index contributed by atoms with van der Waals surface area (Å²) in [6.07, 6.45) is 5.90. The summed E-state index contributed by atoms with van der Waals surface area (Å²) in [5.74, 6) is 3.84. The Morgan fingerprint density at radius 3 is 1.60 bits per heavy atom. The standard InChI is InChI=1S/C8H16.CH3Br/c1-7-4-3-5-8(2)6-7;1-2/h7-8H,3-6H2,1-2H3;1H3. The molecule has 2 atom stereocenters. The molecule has 2 unspecified atom stereocenters. The van der Waals surface area contributed by atoms with Crippen molar-refractivity contribution in [1.82, 2.24) is 0 Å². The van der Waals surface area contributed by atoms with Crippen LogP contribution < -0.4 is 0 Å². The molecule has 62 valence electrons. The molecule has 1 heteroatoms. The molecule has 1 saturated carbocycles. The molecule has 1 rings (SSSR count). The van der Waals surface area contributed by atoms with Crippen molar-refractivity contribution in [3.05, 3.63) is 0 Å². The van der Waals surface area contributed by atoms with Crippen molar-refractivity contribution in [2.75, 3.05) is 5.83 Å². The van der Waals surface area contributed by atoms with Gasteiger partial charge in [-0.05, 0) is 24.1 Å². The molecule has 0 amide bonds. The fraction of sp³-hybridized carbons (Fsp3) is 1.00. The number of hydrogen-bond donors (Lipinski definition) is 0. The number of hydrogen-bond acceptors (Lipinski definition) is 0. The molecule has 1 aliphatic rings. The maximum atomic E-state index is 2.94. The number of halogens is 1. The molecule has 0 aromatic carbocycles. The predicted octanol–water partition coefficient (Wildman–Crippen LogP) is 3.84. The Morgan fingerprint density at radius 2 is 1.40 bits per heavy atom. The van der Waals surface area contributed by atoms with Crippen LogP contribution in [0.4, 0.5) is 0 Å². The number of rotatable bonds is 0. The summed E-state index contributed by atoms with van der Waals surface area (Å²) in [5, 5.41) is 0. The quantitative estimate of drug-likeness (QED) is 0.529. The minimum atomic E-state index is 1.01. The average Bonchev–Trinajstić information content (AvgIpc) is 1.91. The van der Waals surface area contributed by atoms with Gasteiger partial charge in [-0.15, -0.1) is 0 Å². The maximum Gasteiger partial charge on any atom is -0.00848 e. The van der Waals surface area contributed by atoms with E-state index in [0.29, 0.717) is 0 Å². The summed E-state index contributed by atoms with van der Waals surface area (Å²) in [6.45, 7) is 4.74. The molecular formula is C9H19Br. The van der Waals surface area contributed by atoms with Crippen LogP contribution in [0, 0.1) is 11.8 Å². The Kier molecular flexibility index (Phi) is 6.50. The minimum Gasteiger partial charge on any atom is -0.0966 e. The van der Waals surface area contributed by atoms with E-state index >= 15 is 0 Å². The smallest absolute Gasteiger partial charge is 0.00848 e. The Bertz CT molecular complexity index is 63.1. The normalized spacial score (nSPS) is 32.4. The zero-order chi connectivity index (χ0) is 7.98. The lowest BCUT2D eigenvalue weighted by molar-refractivity contribution is 0.301. The molecule has 10 heavy (non-hydrogen) atoms. The van der Waals surface area contributed by atoms with Gasteiger partial charge in [0.05, 0.1) is 0 Å². The van der Waals surface area contributed by atoms with Crippen LogP contribution in [0.1, 0.15) is 39.5 Å². The Morgan fingerprint density at radius 1 is 1.00 bits per heavy atom. The third-order valence-electron chi connectivity index (χ3n) is 2.20. The van der Waals surface area contributed by atoms with Gasteiger partial charge in [0.1, 0.15) is 0 Å². The summed E-state index contributed by atoms with van der Waals surface area (Å²) < 4.78 is 0. The molecule has 0 aromatic rings. The van der Waals surface area contributed by atoms with Crippen LogP contribution in [0.2, 0.25) is 0 Å². The molecule has 0 aliphatic heterocycles. The highest BCUT2D eigenvalue weighted by Crippen LogP contribution is 2.27. The van der Waals surface area contributed by atoms with Crippen LogP contribution in [0.3, 0.4) is 0 Å². The minimum absolute atomic E-state index is 1.01. The maximum absolute atomic E-state index is 2.94. The van der Waals surface area contributed by atoms with Crippen LogP contribution in [0.5, 0.6) is 0 Å². The summed E-state index contributed by atoms with van der Waals surface area (Å²) in [6, 6.07) is 0. The van der Waals surface area contributed by atoms with E-state index in [-0.39, 0.29) is 0 Å². The zero-order valence-corrected chi connectivity index (χ0v) is 8.95. The fourth-order valence-electron chi connectivity index (χ4n) is 1.74. The van der Waals surface area contributed by atoms with Crippen LogP contribution in [-0.4, -0.2) is 5.83 Å². The van der Waals surface area contributed by atoms with Crippen LogP contribution in [0.15, 0.2) is 0 Å². The van der Waals surface area contributed by atoms with Gasteiger partial charge in [-0.25, -0.2) is 0 Å². The lowest BCUT2D eigenvalue weighted by atomic mass is 9.84. The van der Waals surface area contributed by atoms with Crippen molar-refractivity contribution < 1.29 is 0 Å². The monoisotopic (exact) mass is 206 g/mol. The van der Waals surface area contributed by atoms with Crippen LogP contribution in [0.25, 0.3) is 0 Å². The van der Waals surface area contributed by atoms with Crippen molar-refractivity contribution >= 4 is 15.9 Å². The van der Waals surface area contributed by atoms with Gasteiger partial charge in [-0.2, -0.15) is 0 Å². The van der Waals surface area contributed by atoms with Crippen molar-refractivity contribution in [1.29, 1.82) is 0 Å². The fourth-order valence-corrected chi connectivity index (χ4v) is 1.74. The summed E-state index contributed by atoms with van der Waals surface area (Å²) in [5.41, 5.74) is 0. The van der Waals surface area contributed by atoms with E-state index in [1.165, 1.54) is 25.7 Å². The molecule has 0 spiro atoms. The Balaban J connectivity index is 0.000000371. The Labute approximate surface area is 73.5 Å². The van der Waals surface area contributed by atoms with Gasteiger partial charge in [0.2, 0.25) is 0 Å². The Hall–Kier alpha value is 0.480. The largest absolute Gasteiger partial charge is 0.0966 e. The molecule has 0 radical (unpaired) electrons. The predicted molar refractivity (Wildman–Crippen MR) is 51.6 cm³/mol. The first-order chi connectivity index (χ1) is 4.79. The van der Waals surface area contributed by atoms with E-state index in [1.807, 2.05) is 5.83 Å². The van der Waals surface area contributed by atoms with Crippen LogP contribution in [-0.2, 0) is 0 Å². The molecule has 1 aliphatic carbocycles. The van der Waals surface area contributed by atoms with Gasteiger partial charge in [-0.3, -0.25) is 0 Å². The molecule has 0 saturated heterocycles. The first-order valence-electron chi connectivity index (χ1n) is 4.17. The van der Waals surface area contributed by atoms with Gasteiger partial charge >= 0.3 is 0 Å². The lowest BCUT2D eigenvalue weighted by Gasteiger charge is -2.22. The molecule has 0 N–H and O–H groups in total. The van der Waals surface area contributed by atoms with Crippen LogP contribution >= 0.6 is 15.9 Å². The van der Waals surface area contributed by atoms with Crippen molar-refractivity contribution in [2.45, 2.75) is 39.5 Å². The molecular weight excluding hydrogens is 188 g/mol. The lowest BCUT2D eigenvalue weighted by Crippen LogP contribution is -2.09. The van der Waals surface area contributed by atoms with Gasteiger partial charge in [0, 0.05) is 0 Å². The molecule has 0 nitrogen and oxygen atoms in total. The highest BCUT2D eigenvalue weighted by molar-refractivity contribution is 9.08. The van der Waals surface area contributed by atoms with Gasteiger partial charge in [0.15, 0.2) is 0 Å². The molecule has 0 bridgehead atoms. The van der Waals surface area contributed by atoms with E-state index in [9.17, 15) is 0 Å². The van der Waals surface area contributed by atoms with E-state index in [2.05, 4.69) is 29.8 Å². The van der Waals surface area contributed by atoms with Crippen molar-refractivity contribution in [2.24, 2.45) is 11.8 Å². The first kappa shape index (κ1) is 10.5. The van der Waals surface area contributed by atoms with E-state index < -0.39 is 0 Å². The van der Waals surface area contributed by atoms with Gasteiger partial charge in [-0.1, -0.05) is 49.0 Å². The summed E-state index contributed by atoms with van der Waals surface area (Å²) in [7, 11) is 0. The van der Waals surface area contributed by atoms with Gasteiger partial charge in [0.25, 0.3) is 0 Å². The summed E-state index contributed by atoms with van der Waals surface area (Å²) in [4.78, 5) is 0. The average molecular weight is 207 g/mol. The SMILES string of the molecule is CBr.CC1CCCC(C)C1. The third-order valence-corrected chi connectivity index (χ3v) is 2.20. The zero-order valence-electron chi connectivity index (χ0n) is 7.36. The highest BCUT2D eigenvalue weighted by atomic mass is 79.9. The van der Waals surface area contributed by atoms with E-state index in [4.69, 9.17) is 0 Å². The third kappa shape index (κ3) is 4.32. The van der Waals surface area contributed by atoms with Gasteiger partial charge < -0.3 is 0 Å². The van der Waals surface area contributed by atoms with E-state index in [1.54, 1.807) is 0 Å². The summed E-state index contributed by atoms with van der Waals surface area (Å²) >= 11 is 2.94. The molecule has 0 aromatic heterocycles. The van der Waals surface area contributed by atoms with Crippen molar-refractivity contribution in [3.63, 3.8) is 0 Å². The van der Waals surface area contributed by atoms with Crippen molar-refractivity contribution in [3.8, 4) is 0 Å². The second-order valence-electron chi connectivity index (χ2n) is 3.38.